The number of ether oxygens (including phenoxy) is 2. The van der Waals surface area contributed by atoms with Crippen LogP contribution in [0.4, 0.5) is 5.69 Å². The topological polar surface area (TPSA) is 30.5 Å². The van der Waals surface area contributed by atoms with E-state index in [0.717, 1.165) is 18.7 Å². The largest absolute Gasteiger partial charge is 0.379 e. The van der Waals surface area contributed by atoms with Gasteiger partial charge in [0.2, 0.25) is 0 Å². The Kier molecular flexibility index (Phi) is 4.02. The van der Waals surface area contributed by atoms with Crippen molar-refractivity contribution in [3.8, 4) is 0 Å². The third-order valence-corrected chi connectivity index (χ3v) is 3.27. The second-order valence-corrected chi connectivity index (χ2v) is 4.55. The fourth-order valence-corrected chi connectivity index (χ4v) is 2.36. The van der Waals surface area contributed by atoms with Crippen LogP contribution in [0.25, 0.3) is 0 Å². The molecule has 1 saturated carbocycles. The van der Waals surface area contributed by atoms with Crippen molar-refractivity contribution in [1.29, 1.82) is 0 Å². The molecule has 1 N–H and O–H groups in total. The van der Waals surface area contributed by atoms with Gasteiger partial charge in [0, 0.05) is 19.4 Å². The zero-order valence-corrected chi connectivity index (χ0v) is 10.8. The molecule has 3 unspecified atom stereocenters. The molecule has 3 heteroatoms. The molecule has 3 atom stereocenters. The Morgan fingerprint density at radius 2 is 2.24 bits per heavy atom. The van der Waals surface area contributed by atoms with Crippen LogP contribution in [0, 0.1) is 6.92 Å². The molecule has 0 heterocycles. The number of hydrogen-bond donors (Lipinski definition) is 1. The van der Waals surface area contributed by atoms with Gasteiger partial charge in [0.05, 0.1) is 12.1 Å². The van der Waals surface area contributed by atoms with Gasteiger partial charge in [-0.05, 0) is 38.0 Å². The van der Waals surface area contributed by atoms with Gasteiger partial charge in [0.1, 0.15) is 6.10 Å². The van der Waals surface area contributed by atoms with Gasteiger partial charge in [-0.2, -0.15) is 0 Å². The van der Waals surface area contributed by atoms with Gasteiger partial charge in [-0.25, -0.2) is 0 Å². The Hall–Kier alpha value is -1.06. The van der Waals surface area contributed by atoms with Crippen LogP contribution < -0.4 is 5.32 Å². The zero-order chi connectivity index (χ0) is 12.3. The Labute approximate surface area is 103 Å². The molecule has 0 aromatic heterocycles. The molecule has 1 aromatic rings. The second kappa shape index (κ2) is 5.52. The van der Waals surface area contributed by atoms with Crippen LogP contribution in [0.15, 0.2) is 24.3 Å². The van der Waals surface area contributed by atoms with Crippen LogP contribution >= 0.6 is 0 Å². The molecule has 0 saturated heterocycles. The van der Waals surface area contributed by atoms with E-state index in [1.54, 1.807) is 7.11 Å². The fraction of sp³-hybridized carbons (Fsp3) is 0.571. The summed E-state index contributed by atoms with van der Waals surface area (Å²) in [7, 11) is 1.75. The summed E-state index contributed by atoms with van der Waals surface area (Å²) < 4.78 is 11.1. The monoisotopic (exact) mass is 235 g/mol. The van der Waals surface area contributed by atoms with Crippen molar-refractivity contribution in [2.24, 2.45) is 0 Å². The number of anilines is 1. The predicted octanol–water partition coefficient (Wildman–Crippen LogP) is 2.60. The molecule has 1 aliphatic rings. The molecule has 0 radical (unpaired) electrons. The van der Waals surface area contributed by atoms with E-state index >= 15 is 0 Å². The van der Waals surface area contributed by atoms with E-state index in [-0.39, 0.29) is 12.2 Å². The van der Waals surface area contributed by atoms with E-state index in [1.165, 1.54) is 5.56 Å². The summed E-state index contributed by atoms with van der Waals surface area (Å²) in [6, 6.07) is 8.77. The number of aryl methyl sites for hydroxylation is 1. The maximum absolute atomic E-state index is 5.61. The highest BCUT2D eigenvalue weighted by atomic mass is 16.5. The summed E-state index contributed by atoms with van der Waals surface area (Å²) in [6.07, 6.45) is 1.42. The van der Waals surface area contributed by atoms with Gasteiger partial charge in [-0.3, -0.25) is 0 Å². The van der Waals surface area contributed by atoms with Crippen LogP contribution in [-0.2, 0) is 9.47 Å². The molecule has 17 heavy (non-hydrogen) atoms. The summed E-state index contributed by atoms with van der Waals surface area (Å²) in [5, 5.41) is 3.50. The molecular weight excluding hydrogens is 214 g/mol. The van der Waals surface area contributed by atoms with Gasteiger partial charge < -0.3 is 14.8 Å². The van der Waals surface area contributed by atoms with E-state index in [4.69, 9.17) is 9.47 Å². The van der Waals surface area contributed by atoms with Gasteiger partial charge in [-0.1, -0.05) is 12.1 Å². The minimum atomic E-state index is 0.162. The van der Waals surface area contributed by atoms with Crippen LogP contribution in [0.1, 0.15) is 18.9 Å². The summed E-state index contributed by atoms with van der Waals surface area (Å²) in [4.78, 5) is 0. The van der Waals surface area contributed by atoms with Gasteiger partial charge in [-0.15, -0.1) is 0 Å². The van der Waals surface area contributed by atoms with E-state index < -0.39 is 0 Å². The molecule has 94 valence electrons. The first-order valence-electron chi connectivity index (χ1n) is 6.22. The molecule has 0 amide bonds. The lowest BCUT2D eigenvalue weighted by Gasteiger charge is -2.43. The summed E-state index contributed by atoms with van der Waals surface area (Å²) in [5.74, 6) is 0. The van der Waals surface area contributed by atoms with Gasteiger partial charge in [0.25, 0.3) is 0 Å². The van der Waals surface area contributed by atoms with Crippen molar-refractivity contribution in [3.63, 3.8) is 0 Å². The zero-order valence-electron chi connectivity index (χ0n) is 10.8. The number of rotatable bonds is 5. The highest BCUT2D eigenvalue weighted by molar-refractivity contribution is 5.47. The van der Waals surface area contributed by atoms with Crippen molar-refractivity contribution in [2.45, 2.75) is 38.5 Å². The van der Waals surface area contributed by atoms with Gasteiger partial charge in [0.15, 0.2) is 0 Å². The molecule has 3 nitrogen and oxygen atoms in total. The number of nitrogens with one attached hydrogen (secondary N) is 1. The van der Waals surface area contributed by atoms with Crippen LogP contribution in [0.3, 0.4) is 0 Å². The van der Waals surface area contributed by atoms with Gasteiger partial charge >= 0.3 is 0 Å². The molecule has 0 spiro atoms. The maximum Gasteiger partial charge on any atom is 0.103 e. The summed E-state index contributed by atoms with van der Waals surface area (Å²) in [6.45, 7) is 4.87. The third kappa shape index (κ3) is 2.79. The smallest absolute Gasteiger partial charge is 0.103 e. The minimum Gasteiger partial charge on any atom is -0.379 e. The van der Waals surface area contributed by atoms with Crippen molar-refractivity contribution >= 4 is 5.69 Å². The van der Waals surface area contributed by atoms with Crippen LogP contribution in [0.5, 0.6) is 0 Å². The lowest BCUT2D eigenvalue weighted by Crippen LogP contribution is -2.56. The Bertz CT molecular complexity index is 367. The molecule has 1 aliphatic carbocycles. The van der Waals surface area contributed by atoms with E-state index in [9.17, 15) is 0 Å². The molecular formula is C14H21NO2. The molecule has 1 aromatic carbocycles. The number of methoxy groups -OCH3 is 1. The number of hydrogen-bond acceptors (Lipinski definition) is 3. The molecule has 2 rings (SSSR count). The van der Waals surface area contributed by atoms with E-state index in [0.29, 0.717) is 6.04 Å². The first-order valence-corrected chi connectivity index (χ1v) is 6.22. The maximum atomic E-state index is 5.61. The van der Waals surface area contributed by atoms with Crippen molar-refractivity contribution in [1.82, 2.24) is 0 Å². The summed E-state index contributed by atoms with van der Waals surface area (Å²) >= 11 is 0. The van der Waals surface area contributed by atoms with E-state index in [1.807, 2.05) is 6.92 Å². The van der Waals surface area contributed by atoms with Crippen LogP contribution in [0.2, 0.25) is 0 Å². The SMILES string of the molecule is CCOC1CC(Nc2cccc(C)c2)C1OC. The Morgan fingerprint density at radius 1 is 1.41 bits per heavy atom. The quantitative estimate of drug-likeness (QED) is 0.851. The van der Waals surface area contributed by atoms with Crippen LogP contribution in [-0.4, -0.2) is 32.0 Å². The van der Waals surface area contributed by atoms with Crippen molar-refractivity contribution in [3.05, 3.63) is 29.8 Å². The first kappa shape index (κ1) is 12.4. The Morgan fingerprint density at radius 3 is 2.88 bits per heavy atom. The first-order chi connectivity index (χ1) is 8.24. The minimum absolute atomic E-state index is 0.162. The highest BCUT2D eigenvalue weighted by Crippen LogP contribution is 2.29. The third-order valence-electron chi connectivity index (χ3n) is 3.27. The fourth-order valence-electron chi connectivity index (χ4n) is 2.36. The molecule has 0 bridgehead atoms. The summed E-state index contributed by atoms with van der Waals surface area (Å²) in [5.41, 5.74) is 2.43. The Balaban J connectivity index is 1.92. The van der Waals surface area contributed by atoms with E-state index in [2.05, 4.69) is 36.5 Å². The number of benzene rings is 1. The normalized spacial score (nSPS) is 27.6. The predicted molar refractivity (Wildman–Crippen MR) is 69.4 cm³/mol. The second-order valence-electron chi connectivity index (χ2n) is 4.55. The lowest BCUT2D eigenvalue weighted by molar-refractivity contribution is -0.118. The van der Waals surface area contributed by atoms with Crippen molar-refractivity contribution < 1.29 is 9.47 Å². The standard InChI is InChI=1S/C14H21NO2/c1-4-17-13-9-12(14(13)16-3)15-11-7-5-6-10(2)8-11/h5-8,12-15H,4,9H2,1-3H3. The average Bonchev–Trinajstić information content (AvgIpc) is 2.28. The lowest BCUT2D eigenvalue weighted by atomic mass is 9.85. The molecule has 1 fully saturated rings. The highest BCUT2D eigenvalue weighted by Gasteiger charge is 2.42. The van der Waals surface area contributed by atoms with Crippen molar-refractivity contribution in [2.75, 3.05) is 19.0 Å². The molecule has 0 aliphatic heterocycles. The average molecular weight is 235 g/mol.